The zero-order chi connectivity index (χ0) is 40.9. The van der Waals surface area contributed by atoms with Crippen LogP contribution >= 0.6 is 0 Å². The SMILES string of the molecule is CCN(c1cc(-c2ccc(N3CCC(N(C)Cc4ccc(C5CCC(=O)NC5=O)cc4)CC3)cc2)cc(C(=O)NCc2c(C)cc(C)[nH]c2=O)c1C)C1CCOCC1. The summed E-state index contributed by atoms with van der Waals surface area (Å²) in [4.78, 5) is 60.8. The van der Waals surface area contributed by atoms with Gasteiger partial charge in [-0.3, -0.25) is 29.4 Å². The molecule has 11 heteroatoms. The third kappa shape index (κ3) is 9.21. The summed E-state index contributed by atoms with van der Waals surface area (Å²) in [5.74, 6) is -0.846. The van der Waals surface area contributed by atoms with E-state index in [0.29, 0.717) is 36.1 Å². The lowest BCUT2D eigenvalue weighted by Crippen LogP contribution is -2.43. The highest BCUT2D eigenvalue weighted by atomic mass is 16.5. The van der Waals surface area contributed by atoms with Crippen molar-refractivity contribution in [3.63, 3.8) is 0 Å². The Kier molecular flexibility index (Phi) is 12.8. The largest absolute Gasteiger partial charge is 0.381 e. The average molecular weight is 787 g/mol. The van der Waals surface area contributed by atoms with Crippen LogP contribution in [-0.2, 0) is 27.4 Å². The number of benzene rings is 3. The molecule has 3 aliphatic heterocycles. The van der Waals surface area contributed by atoms with Crippen molar-refractivity contribution in [3.05, 3.63) is 116 Å². The van der Waals surface area contributed by atoms with Gasteiger partial charge < -0.3 is 24.8 Å². The molecule has 4 aromatic rings. The maximum atomic E-state index is 14.0. The lowest BCUT2D eigenvalue weighted by atomic mass is 9.90. The summed E-state index contributed by atoms with van der Waals surface area (Å²) in [6, 6.07) is 24.0. The van der Waals surface area contributed by atoms with E-state index in [9.17, 15) is 19.2 Å². The molecule has 3 fully saturated rings. The van der Waals surface area contributed by atoms with Gasteiger partial charge in [-0.2, -0.15) is 0 Å². The van der Waals surface area contributed by atoms with Crippen LogP contribution in [0.1, 0.15) is 95.2 Å². The van der Waals surface area contributed by atoms with E-state index >= 15 is 0 Å². The number of hydrogen-bond acceptors (Lipinski definition) is 8. The minimum atomic E-state index is -0.261. The molecule has 4 heterocycles. The van der Waals surface area contributed by atoms with Gasteiger partial charge >= 0.3 is 0 Å². The maximum absolute atomic E-state index is 14.0. The second-order valence-corrected chi connectivity index (χ2v) is 16.3. The van der Waals surface area contributed by atoms with Crippen molar-refractivity contribution in [2.24, 2.45) is 0 Å². The summed E-state index contributed by atoms with van der Waals surface area (Å²) in [6.07, 6.45) is 4.93. The van der Waals surface area contributed by atoms with Gasteiger partial charge in [0.1, 0.15) is 0 Å². The molecule has 7 rings (SSSR count). The predicted octanol–water partition coefficient (Wildman–Crippen LogP) is 6.52. The van der Waals surface area contributed by atoms with Crippen LogP contribution < -0.4 is 26.0 Å². The van der Waals surface area contributed by atoms with Gasteiger partial charge in [-0.1, -0.05) is 36.4 Å². The number of ether oxygens (including phenoxy) is 1. The fraction of sp³-hybridized carbons (Fsp3) is 0.447. The molecular formula is C47H58N6O5. The van der Waals surface area contributed by atoms with Gasteiger partial charge in [0.05, 0.1) is 5.92 Å². The molecule has 0 spiro atoms. The van der Waals surface area contributed by atoms with E-state index in [1.54, 1.807) is 0 Å². The minimum absolute atomic E-state index is 0.150. The smallest absolute Gasteiger partial charge is 0.253 e. The highest BCUT2D eigenvalue weighted by Gasteiger charge is 2.29. The first-order valence-electron chi connectivity index (χ1n) is 20.9. The number of aromatic amines is 1. The van der Waals surface area contributed by atoms with Crippen molar-refractivity contribution in [2.75, 3.05) is 49.7 Å². The first-order valence-corrected chi connectivity index (χ1v) is 20.9. The average Bonchev–Trinajstić information content (AvgIpc) is 3.22. The van der Waals surface area contributed by atoms with Crippen molar-refractivity contribution in [1.29, 1.82) is 0 Å². The molecule has 0 aliphatic carbocycles. The maximum Gasteiger partial charge on any atom is 0.253 e. The lowest BCUT2D eigenvalue weighted by Gasteiger charge is -2.38. The van der Waals surface area contributed by atoms with Crippen molar-refractivity contribution in [2.45, 2.75) is 97.3 Å². The fourth-order valence-electron chi connectivity index (χ4n) is 9.10. The van der Waals surface area contributed by atoms with E-state index in [-0.39, 0.29) is 35.7 Å². The number of aromatic nitrogens is 1. The number of carbonyl (C=O) groups excluding carboxylic acids is 3. The second-order valence-electron chi connectivity index (χ2n) is 16.3. The van der Waals surface area contributed by atoms with Crippen LogP contribution in [0.3, 0.4) is 0 Å². The first kappa shape index (κ1) is 40.9. The molecule has 3 saturated heterocycles. The van der Waals surface area contributed by atoms with Crippen LogP contribution in [-0.4, -0.2) is 79.6 Å². The Morgan fingerprint density at radius 3 is 2.22 bits per heavy atom. The predicted molar refractivity (Wildman–Crippen MR) is 229 cm³/mol. The van der Waals surface area contributed by atoms with Crippen LogP contribution in [0.2, 0.25) is 0 Å². The molecule has 0 radical (unpaired) electrons. The number of hydrogen-bond donors (Lipinski definition) is 3. The molecule has 1 aromatic heterocycles. The number of H-pyrrole nitrogens is 1. The van der Waals surface area contributed by atoms with E-state index in [1.807, 2.05) is 45.0 Å². The molecule has 3 aromatic carbocycles. The molecule has 3 N–H and O–H groups in total. The Balaban J connectivity index is 1.03. The number of carbonyl (C=O) groups is 3. The molecule has 58 heavy (non-hydrogen) atoms. The Morgan fingerprint density at radius 1 is 0.862 bits per heavy atom. The number of amides is 3. The molecule has 11 nitrogen and oxygen atoms in total. The summed E-state index contributed by atoms with van der Waals surface area (Å²) >= 11 is 0. The Bertz CT molecular complexity index is 2170. The molecule has 3 amide bonds. The van der Waals surface area contributed by atoms with E-state index in [1.165, 1.54) is 11.3 Å². The van der Waals surface area contributed by atoms with E-state index in [2.05, 4.69) is 86.8 Å². The van der Waals surface area contributed by atoms with Gasteiger partial charge in [-0.05, 0) is 131 Å². The lowest BCUT2D eigenvalue weighted by molar-refractivity contribution is -0.134. The Hall–Kier alpha value is -5.26. The van der Waals surface area contributed by atoms with Crippen molar-refractivity contribution in [1.82, 2.24) is 20.5 Å². The summed E-state index contributed by atoms with van der Waals surface area (Å²) in [7, 11) is 2.19. The standard InChI is InChI=1S/C47H58N6O5/c1-6-53(39-19-23-58-24-20-39)43-27-36(26-41(32(43)4)45(55)48-28-42-30(2)25-31(3)49-47(42)57)34-11-13-38(14-12-34)52-21-17-37(18-22-52)51(5)29-33-7-9-35(10-8-33)40-15-16-44(54)50-46(40)56/h7-14,25-27,37,39-40H,6,15-24,28-29H2,1-5H3,(H,48,55)(H,49,57)(H,50,54,56). The molecule has 1 atom stereocenters. The number of pyridine rings is 1. The quantitative estimate of drug-likeness (QED) is 0.139. The van der Waals surface area contributed by atoms with Crippen molar-refractivity contribution < 1.29 is 19.1 Å². The van der Waals surface area contributed by atoms with Gasteiger partial charge in [-0.15, -0.1) is 0 Å². The Labute approximate surface area is 342 Å². The minimum Gasteiger partial charge on any atom is -0.381 e. The number of piperidine rings is 2. The van der Waals surface area contributed by atoms with Crippen LogP contribution in [0.5, 0.6) is 0 Å². The number of nitrogens with zero attached hydrogens (tertiary/aromatic N) is 3. The van der Waals surface area contributed by atoms with Crippen LogP contribution in [0, 0.1) is 20.8 Å². The molecule has 0 bridgehead atoms. The first-order chi connectivity index (χ1) is 28.0. The Morgan fingerprint density at radius 2 is 1.57 bits per heavy atom. The van der Waals surface area contributed by atoms with Crippen LogP contribution in [0.25, 0.3) is 11.1 Å². The van der Waals surface area contributed by atoms with E-state index in [4.69, 9.17) is 4.74 Å². The number of aryl methyl sites for hydroxylation is 2. The third-order valence-corrected chi connectivity index (χ3v) is 12.5. The summed E-state index contributed by atoms with van der Waals surface area (Å²) < 4.78 is 5.70. The van der Waals surface area contributed by atoms with Crippen LogP contribution in [0.4, 0.5) is 11.4 Å². The van der Waals surface area contributed by atoms with Gasteiger partial charge in [0.25, 0.3) is 11.5 Å². The molecular weight excluding hydrogens is 729 g/mol. The second kappa shape index (κ2) is 18.1. The topological polar surface area (TPSA) is 127 Å². The van der Waals surface area contributed by atoms with Gasteiger partial charge in [0, 0.05) is 92.6 Å². The summed E-state index contributed by atoms with van der Waals surface area (Å²) in [5.41, 5.74) is 10.0. The fourth-order valence-corrected chi connectivity index (χ4v) is 9.10. The highest BCUT2D eigenvalue weighted by molar-refractivity contribution is 6.01. The molecule has 306 valence electrons. The van der Waals surface area contributed by atoms with Crippen molar-refractivity contribution >= 4 is 29.1 Å². The number of anilines is 2. The highest BCUT2D eigenvalue weighted by Crippen LogP contribution is 2.35. The van der Waals surface area contributed by atoms with Gasteiger partial charge in [0.15, 0.2) is 0 Å². The van der Waals surface area contributed by atoms with Crippen molar-refractivity contribution in [3.8, 4) is 11.1 Å². The van der Waals surface area contributed by atoms with Gasteiger partial charge in [-0.25, -0.2) is 0 Å². The molecule has 1 unspecified atom stereocenters. The van der Waals surface area contributed by atoms with E-state index < -0.39 is 0 Å². The van der Waals surface area contributed by atoms with E-state index in [0.717, 1.165) is 104 Å². The number of rotatable bonds is 12. The summed E-state index contributed by atoms with van der Waals surface area (Å²) in [5, 5.41) is 5.53. The third-order valence-electron chi connectivity index (χ3n) is 12.5. The van der Waals surface area contributed by atoms with Crippen LogP contribution in [0.15, 0.2) is 71.5 Å². The molecule has 3 aliphatic rings. The normalized spacial score (nSPS) is 18.0. The zero-order valence-electron chi connectivity index (χ0n) is 34.7. The summed E-state index contributed by atoms with van der Waals surface area (Å²) in [6.45, 7) is 13.1. The number of nitrogens with one attached hydrogen (secondary N) is 3. The number of imide groups is 1. The monoisotopic (exact) mass is 786 g/mol. The zero-order valence-corrected chi connectivity index (χ0v) is 34.7. The molecule has 0 saturated carbocycles. The van der Waals surface area contributed by atoms with Gasteiger partial charge in [0.2, 0.25) is 11.8 Å².